The zero-order valence-corrected chi connectivity index (χ0v) is 26.1. The first-order valence-corrected chi connectivity index (χ1v) is 15.9. The molecule has 1 fully saturated rings. The Hall–Kier alpha value is -4.29. The maximum absolute atomic E-state index is 13.7. The van der Waals surface area contributed by atoms with Gasteiger partial charge in [0.2, 0.25) is 10.0 Å². The van der Waals surface area contributed by atoms with Crippen molar-refractivity contribution in [3.63, 3.8) is 0 Å². The molecule has 0 spiro atoms. The maximum atomic E-state index is 13.7. The lowest BCUT2D eigenvalue weighted by atomic mass is 9.86. The molecule has 0 bridgehead atoms. The van der Waals surface area contributed by atoms with Crippen LogP contribution in [0.3, 0.4) is 0 Å². The van der Waals surface area contributed by atoms with Gasteiger partial charge in [-0.25, -0.2) is 13.4 Å². The van der Waals surface area contributed by atoms with E-state index in [0.717, 1.165) is 54.7 Å². The minimum atomic E-state index is -3.60. The second-order valence-electron chi connectivity index (χ2n) is 11.7. The van der Waals surface area contributed by atoms with Crippen LogP contribution in [0.4, 0.5) is 17.2 Å². The summed E-state index contributed by atoms with van der Waals surface area (Å²) in [6.45, 7) is 9.57. The van der Waals surface area contributed by atoms with Crippen molar-refractivity contribution in [3.05, 3.63) is 66.0 Å². The molecule has 0 atom stereocenters. The smallest absolute Gasteiger partial charge is 0.272 e. The Morgan fingerprint density at radius 2 is 1.77 bits per heavy atom. The molecule has 2 aromatic carbocycles. The summed E-state index contributed by atoms with van der Waals surface area (Å²) >= 11 is 0. The number of hydrogen-bond donors (Lipinski definition) is 3. The van der Waals surface area contributed by atoms with Gasteiger partial charge >= 0.3 is 0 Å². The molecule has 228 valence electrons. The standard InChI is InChI=1S/C31H38N6O5S/c1-31(2,3)21-17-23(29(41-5)24(18-21)35-43(6,39)40)34-30(38)25-16-20-8-7-9-26(28(20)36(25)4)42-22-10-11-33-27(19-22)37-14-12-32-13-15-37/h7-11,16-19,32,35H,12-15H2,1-6H3,(H,34,38). The van der Waals surface area contributed by atoms with Crippen molar-refractivity contribution in [3.8, 4) is 17.2 Å². The van der Waals surface area contributed by atoms with Gasteiger partial charge < -0.3 is 29.6 Å². The van der Waals surface area contributed by atoms with Crippen molar-refractivity contribution in [2.24, 2.45) is 7.05 Å². The molecule has 0 aliphatic carbocycles. The molecular formula is C31H38N6O5S. The topological polar surface area (TPSA) is 127 Å². The number of aryl methyl sites for hydroxylation is 1. The zero-order chi connectivity index (χ0) is 30.9. The predicted octanol–water partition coefficient (Wildman–Crippen LogP) is 4.71. The third-order valence-corrected chi connectivity index (χ3v) is 7.93. The van der Waals surface area contributed by atoms with Crippen LogP contribution >= 0.6 is 0 Å². The van der Waals surface area contributed by atoms with E-state index in [1.807, 2.05) is 58.2 Å². The van der Waals surface area contributed by atoms with E-state index in [2.05, 4.69) is 25.2 Å². The number of amides is 1. The highest BCUT2D eigenvalue weighted by Crippen LogP contribution is 2.40. The van der Waals surface area contributed by atoms with Crippen molar-refractivity contribution < 1.29 is 22.7 Å². The molecule has 2 aromatic heterocycles. The molecule has 5 rings (SSSR count). The third kappa shape index (κ3) is 6.70. The van der Waals surface area contributed by atoms with Crippen LogP contribution in [0.2, 0.25) is 0 Å². The largest absolute Gasteiger partial charge is 0.492 e. The number of anilines is 3. The van der Waals surface area contributed by atoms with Gasteiger partial charge in [-0.1, -0.05) is 32.9 Å². The first kappa shape index (κ1) is 30.2. The number of nitrogens with one attached hydrogen (secondary N) is 3. The van der Waals surface area contributed by atoms with Crippen LogP contribution in [-0.2, 0) is 22.5 Å². The van der Waals surface area contributed by atoms with Gasteiger partial charge in [0.1, 0.15) is 17.3 Å². The molecule has 1 amide bonds. The lowest BCUT2D eigenvalue weighted by molar-refractivity contribution is 0.101. The summed E-state index contributed by atoms with van der Waals surface area (Å²) in [5.74, 6) is 1.94. The van der Waals surface area contributed by atoms with Gasteiger partial charge in [0.25, 0.3) is 5.91 Å². The summed E-state index contributed by atoms with van der Waals surface area (Å²) in [5, 5.41) is 7.13. The van der Waals surface area contributed by atoms with Crippen LogP contribution < -0.4 is 29.7 Å². The normalized spacial score (nSPS) is 14.0. The highest BCUT2D eigenvalue weighted by atomic mass is 32.2. The number of para-hydroxylation sites is 1. The fraction of sp³-hybridized carbons (Fsp3) is 0.355. The number of fused-ring (bicyclic) bond motifs is 1. The van der Waals surface area contributed by atoms with Crippen molar-refractivity contribution in [2.75, 3.05) is 54.5 Å². The number of sulfonamides is 1. The molecule has 1 aliphatic heterocycles. The van der Waals surface area contributed by atoms with Crippen molar-refractivity contribution in [1.82, 2.24) is 14.9 Å². The summed E-state index contributed by atoms with van der Waals surface area (Å²) in [6.07, 6.45) is 2.81. The fourth-order valence-electron chi connectivity index (χ4n) is 5.17. The Labute approximate surface area is 252 Å². The summed E-state index contributed by atoms with van der Waals surface area (Å²) in [7, 11) is -0.363. The summed E-state index contributed by atoms with van der Waals surface area (Å²) in [5.41, 5.74) is 2.23. The van der Waals surface area contributed by atoms with Crippen LogP contribution in [0.1, 0.15) is 36.8 Å². The Bertz CT molecular complexity index is 1770. The molecule has 1 aliphatic rings. The van der Waals surface area contributed by atoms with Gasteiger partial charge in [0.15, 0.2) is 11.5 Å². The fourth-order valence-corrected chi connectivity index (χ4v) is 5.72. The Morgan fingerprint density at radius 1 is 1.05 bits per heavy atom. The molecule has 12 heteroatoms. The number of carbonyl (C=O) groups is 1. The van der Waals surface area contributed by atoms with E-state index in [-0.39, 0.29) is 22.8 Å². The number of ether oxygens (including phenoxy) is 2. The third-order valence-electron chi connectivity index (χ3n) is 7.34. The van der Waals surface area contributed by atoms with Gasteiger partial charge in [-0.05, 0) is 41.3 Å². The highest BCUT2D eigenvalue weighted by Gasteiger charge is 2.24. The SMILES string of the molecule is COc1c(NC(=O)c2cc3cccc(Oc4ccnc(N5CCNCC5)c4)c3n2C)cc(C(C)(C)C)cc1NS(C)(=O)=O. The zero-order valence-electron chi connectivity index (χ0n) is 25.3. The number of benzene rings is 2. The van der Waals surface area contributed by atoms with Crippen LogP contribution in [0.5, 0.6) is 17.2 Å². The lowest BCUT2D eigenvalue weighted by Gasteiger charge is -2.28. The molecule has 4 aromatic rings. The van der Waals surface area contributed by atoms with Crippen LogP contribution in [0.15, 0.2) is 54.7 Å². The quantitative estimate of drug-likeness (QED) is 0.263. The summed E-state index contributed by atoms with van der Waals surface area (Å²) in [6, 6.07) is 14.8. The number of hydrogen-bond acceptors (Lipinski definition) is 8. The second-order valence-corrected chi connectivity index (χ2v) is 13.4. The van der Waals surface area contributed by atoms with E-state index in [0.29, 0.717) is 22.9 Å². The molecule has 3 heterocycles. The van der Waals surface area contributed by atoms with E-state index >= 15 is 0 Å². The first-order valence-electron chi connectivity index (χ1n) is 14.0. The minimum Gasteiger partial charge on any atom is -0.492 e. The van der Waals surface area contributed by atoms with Gasteiger partial charge in [-0.3, -0.25) is 9.52 Å². The number of rotatable bonds is 8. The molecule has 1 saturated heterocycles. The molecule has 0 radical (unpaired) electrons. The lowest BCUT2D eigenvalue weighted by Crippen LogP contribution is -2.43. The van der Waals surface area contributed by atoms with E-state index in [1.165, 1.54) is 7.11 Å². The minimum absolute atomic E-state index is 0.215. The Kier molecular flexibility index (Phi) is 8.26. The van der Waals surface area contributed by atoms with E-state index in [9.17, 15) is 13.2 Å². The van der Waals surface area contributed by atoms with Crippen molar-refractivity contribution in [1.29, 1.82) is 0 Å². The van der Waals surface area contributed by atoms with Gasteiger partial charge in [0.05, 0.1) is 30.3 Å². The van der Waals surface area contributed by atoms with Crippen LogP contribution in [0.25, 0.3) is 10.9 Å². The molecular weight excluding hydrogens is 568 g/mol. The number of piperazine rings is 1. The Balaban J connectivity index is 1.48. The molecule has 3 N–H and O–H groups in total. The average molecular weight is 607 g/mol. The van der Waals surface area contributed by atoms with Crippen LogP contribution in [0, 0.1) is 0 Å². The van der Waals surface area contributed by atoms with Gasteiger partial charge in [-0.15, -0.1) is 0 Å². The second kappa shape index (κ2) is 11.8. The molecule has 0 unspecified atom stereocenters. The number of pyridine rings is 1. The number of aromatic nitrogens is 2. The highest BCUT2D eigenvalue weighted by molar-refractivity contribution is 7.92. The number of carbonyl (C=O) groups excluding carboxylic acids is 1. The predicted molar refractivity (Wildman–Crippen MR) is 170 cm³/mol. The number of nitrogens with zero attached hydrogens (tertiary/aromatic N) is 3. The van der Waals surface area contributed by atoms with E-state index in [4.69, 9.17) is 9.47 Å². The Morgan fingerprint density at radius 3 is 2.44 bits per heavy atom. The monoisotopic (exact) mass is 606 g/mol. The van der Waals surface area contributed by atoms with Crippen molar-refractivity contribution in [2.45, 2.75) is 26.2 Å². The molecule has 0 saturated carbocycles. The number of methoxy groups -OCH3 is 1. The van der Waals surface area contributed by atoms with E-state index < -0.39 is 10.0 Å². The maximum Gasteiger partial charge on any atom is 0.272 e. The van der Waals surface area contributed by atoms with Gasteiger partial charge in [0, 0.05) is 50.9 Å². The van der Waals surface area contributed by atoms with Gasteiger partial charge in [-0.2, -0.15) is 0 Å². The summed E-state index contributed by atoms with van der Waals surface area (Å²) in [4.78, 5) is 20.5. The first-order chi connectivity index (χ1) is 20.3. The molecule has 11 nitrogen and oxygen atoms in total. The molecule has 43 heavy (non-hydrogen) atoms. The average Bonchev–Trinajstić information content (AvgIpc) is 3.29. The van der Waals surface area contributed by atoms with E-state index in [1.54, 1.807) is 29.0 Å². The summed E-state index contributed by atoms with van der Waals surface area (Å²) < 4.78 is 40.5. The van der Waals surface area contributed by atoms with Crippen molar-refractivity contribution >= 4 is 44.0 Å². The van der Waals surface area contributed by atoms with Crippen LogP contribution in [-0.4, -0.2) is 63.4 Å².